The molecule has 1 aliphatic carbocycles. The highest BCUT2D eigenvalue weighted by atomic mass is 127. The Bertz CT molecular complexity index is 480. The third-order valence-electron chi connectivity index (χ3n) is 5.66. The van der Waals surface area contributed by atoms with Gasteiger partial charge in [0.2, 0.25) is 5.91 Å². The number of aliphatic imine (C=N–C) groups is 1. The van der Waals surface area contributed by atoms with E-state index < -0.39 is 0 Å². The summed E-state index contributed by atoms with van der Waals surface area (Å²) in [5, 5.41) is 6.32. The molecule has 0 unspecified atom stereocenters. The maximum absolute atomic E-state index is 12.0. The molecule has 2 aliphatic rings. The fourth-order valence-electron chi connectivity index (χ4n) is 3.94. The summed E-state index contributed by atoms with van der Waals surface area (Å²) in [5.74, 6) is 1.08. The second-order valence-electron chi connectivity index (χ2n) is 7.76. The maximum Gasteiger partial charge on any atom is 0.234 e. The van der Waals surface area contributed by atoms with Crippen molar-refractivity contribution in [2.45, 2.75) is 38.6 Å². The summed E-state index contributed by atoms with van der Waals surface area (Å²) < 4.78 is 4.96. The van der Waals surface area contributed by atoms with Crippen molar-refractivity contribution in [3.63, 3.8) is 0 Å². The van der Waals surface area contributed by atoms with Crippen LogP contribution in [-0.4, -0.2) is 112 Å². The zero-order valence-corrected chi connectivity index (χ0v) is 20.8. The van der Waals surface area contributed by atoms with Gasteiger partial charge >= 0.3 is 0 Å². The summed E-state index contributed by atoms with van der Waals surface area (Å²) in [5.41, 5.74) is 0. The molecule has 0 aromatic carbocycles. The number of piperazine rings is 1. The minimum Gasteiger partial charge on any atom is -0.383 e. The smallest absolute Gasteiger partial charge is 0.234 e. The molecular weight excluding hydrogens is 483 g/mol. The predicted molar refractivity (Wildman–Crippen MR) is 129 cm³/mol. The first-order valence-electron chi connectivity index (χ1n) is 10.9. The van der Waals surface area contributed by atoms with E-state index >= 15 is 0 Å². The van der Waals surface area contributed by atoms with Crippen LogP contribution in [-0.2, 0) is 9.53 Å². The molecule has 2 fully saturated rings. The average Bonchev–Trinajstić information content (AvgIpc) is 3.23. The Morgan fingerprint density at radius 2 is 1.86 bits per heavy atom. The van der Waals surface area contributed by atoms with E-state index in [1.165, 1.54) is 25.7 Å². The van der Waals surface area contributed by atoms with Gasteiger partial charge in [0.1, 0.15) is 0 Å². The van der Waals surface area contributed by atoms with E-state index in [-0.39, 0.29) is 29.9 Å². The van der Waals surface area contributed by atoms with Gasteiger partial charge in [-0.3, -0.25) is 14.7 Å². The number of amides is 1. The number of halogens is 1. The monoisotopic (exact) mass is 524 g/mol. The number of likely N-dealkylation sites (N-methyl/N-ethyl adjacent to an activating group) is 1. The third kappa shape index (κ3) is 9.80. The molecule has 0 aromatic heterocycles. The number of hydrogen-bond donors (Lipinski definition) is 2. The Labute approximate surface area is 193 Å². The molecule has 2 rings (SSSR count). The minimum atomic E-state index is 0. The van der Waals surface area contributed by atoms with Crippen molar-refractivity contribution in [1.29, 1.82) is 0 Å². The topological polar surface area (TPSA) is 72.4 Å². The number of ether oxygens (including phenoxy) is 1. The highest BCUT2D eigenvalue weighted by Crippen LogP contribution is 2.21. The van der Waals surface area contributed by atoms with Crippen LogP contribution in [0.1, 0.15) is 32.6 Å². The van der Waals surface area contributed by atoms with Crippen molar-refractivity contribution in [1.82, 2.24) is 25.3 Å². The van der Waals surface area contributed by atoms with Gasteiger partial charge in [0.15, 0.2) is 5.96 Å². The van der Waals surface area contributed by atoms with Gasteiger partial charge in [0.25, 0.3) is 0 Å². The molecular formula is C20H41IN6O2. The molecule has 1 aliphatic heterocycles. The molecule has 1 heterocycles. The van der Waals surface area contributed by atoms with E-state index in [0.29, 0.717) is 19.7 Å². The lowest BCUT2D eigenvalue weighted by molar-refractivity contribution is -0.122. The normalized spacial score (nSPS) is 18.8. The molecule has 9 heteroatoms. The summed E-state index contributed by atoms with van der Waals surface area (Å²) in [6.45, 7) is 9.97. The highest BCUT2D eigenvalue weighted by Gasteiger charge is 2.22. The minimum absolute atomic E-state index is 0. The van der Waals surface area contributed by atoms with E-state index in [4.69, 9.17) is 9.73 Å². The van der Waals surface area contributed by atoms with Gasteiger partial charge in [0.05, 0.1) is 19.7 Å². The number of nitrogens with zero attached hydrogens (tertiary/aromatic N) is 4. The summed E-state index contributed by atoms with van der Waals surface area (Å²) >= 11 is 0. The van der Waals surface area contributed by atoms with Crippen molar-refractivity contribution in [3.8, 4) is 0 Å². The lowest BCUT2D eigenvalue weighted by Gasteiger charge is -2.36. The van der Waals surface area contributed by atoms with Crippen molar-refractivity contribution >= 4 is 35.8 Å². The van der Waals surface area contributed by atoms with Crippen LogP contribution in [0.2, 0.25) is 0 Å². The van der Waals surface area contributed by atoms with Crippen molar-refractivity contribution < 1.29 is 9.53 Å². The van der Waals surface area contributed by atoms with Crippen LogP contribution in [0.5, 0.6) is 0 Å². The summed E-state index contributed by atoms with van der Waals surface area (Å²) in [6.07, 6.45) is 5.41. The van der Waals surface area contributed by atoms with Crippen LogP contribution >= 0.6 is 24.0 Å². The lowest BCUT2D eigenvalue weighted by atomic mass is 10.2. The molecule has 0 atom stereocenters. The fraction of sp³-hybridized carbons (Fsp3) is 0.900. The van der Waals surface area contributed by atoms with Crippen LogP contribution < -0.4 is 10.6 Å². The summed E-state index contributed by atoms with van der Waals surface area (Å²) in [4.78, 5) is 23.8. The quantitative estimate of drug-likeness (QED) is 0.191. The highest BCUT2D eigenvalue weighted by molar-refractivity contribution is 14.0. The number of nitrogens with one attached hydrogen (secondary N) is 2. The molecule has 0 aromatic rings. The number of carbonyl (C=O) groups is 1. The van der Waals surface area contributed by atoms with Gasteiger partial charge in [-0.05, 0) is 26.8 Å². The molecule has 8 nitrogen and oxygen atoms in total. The van der Waals surface area contributed by atoms with Crippen molar-refractivity contribution in [3.05, 3.63) is 0 Å². The molecule has 1 saturated heterocycles. The number of methoxy groups -OCH3 is 1. The summed E-state index contributed by atoms with van der Waals surface area (Å²) in [6, 6.07) is 0.747. The zero-order valence-electron chi connectivity index (χ0n) is 18.5. The van der Waals surface area contributed by atoms with E-state index in [1.54, 1.807) is 7.11 Å². The second kappa shape index (κ2) is 15.2. The van der Waals surface area contributed by atoms with Crippen molar-refractivity contribution in [2.24, 2.45) is 4.99 Å². The van der Waals surface area contributed by atoms with E-state index in [0.717, 1.165) is 57.8 Å². The standard InChI is InChI=1S/C20H40N6O2.HI/c1-4-21-20(23-9-11-24(2)18-7-5-6-8-18)26-14-12-25(13-15-26)17-19(27)22-10-16-28-3;/h18H,4-17H2,1-3H3,(H,21,23)(H,22,27);1H. The Balaban J connectivity index is 0.00000420. The van der Waals surface area contributed by atoms with Gasteiger partial charge in [-0.2, -0.15) is 0 Å². The van der Waals surface area contributed by atoms with Gasteiger partial charge in [0, 0.05) is 59.0 Å². The molecule has 0 radical (unpaired) electrons. The summed E-state index contributed by atoms with van der Waals surface area (Å²) in [7, 11) is 3.87. The molecule has 0 spiro atoms. The maximum atomic E-state index is 12.0. The van der Waals surface area contributed by atoms with Gasteiger partial charge in [-0.1, -0.05) is 12.8 Å². The van der Waals surface area contributed by atoms with Crippen LogP contribution in [0.15, 0.2) is 4.99 Å². The molecule has 170 valence electrons. The predicted octanol–water partition coefficient (Wildman–Crippen LogP) is 0.825. The zero-order chi connectivity index (χ0) is 20.2. The van der Waals surface area contributed by atoms with E-state index in [9.17, 15) is 4.79 Å². The first-order valence-corrected chi connectivity index (χ1v) is 10.9. The Kier molecular flexibility index (Phi) is 13.8. The number of carbonyl (C=O) groups excluding carboxylic acids is 1. The Hall–Kier alpha value is -0.650. The second-order valence-corrected chi connectivity index (χ2v) is 7.76. The van der Waals surface area contributed by atoms with E-state index in [2.05, 4.69) is 39.3 Å². The number of rotatable bonds is 10. The van der Waals surface area contributed by atoms with Gasteiger partial charge < -0.3 is 25.2 Å². The van der Waals surface area contributed by atoms with Crippen LogP contribution in [0.4, 0.5) is 0 Å². The largest absolute Gasteiger partial charge is 0.383 e. The van der Waals surface area contributed by atoms with E-state index in [1.807, 2.05) is 0 Å². The molecule has 1 amide bonds. The van der Waals surface area contributed by atoms with Gasteiger partial charge in [-0.15, -0.1) is 24.0 Å². The fourth-order valence-corrected chi connectivity index (χ4v) is 3.94. The number of guanidine groups is 1. The first kappa shape index (κ1) is 26.4. The van der Waals surface area contributed by atoms with Crippen LogP contribution in [0.3, 0.4) is 0 Å². The number of hydrogen-bond acceptors (Lipinski definition) is 5. The van der Waals surface area contributed by atoms with Crippen LogP contribution in [0.25, 0.3) is 0 Å². The molecule has 2 N–H and O–H groups in total. The van der Waals surface area contributed by atoms with Crippen LogP contribution in [0, 0.1) is 0 Å². The van der Waals surface area contributed by atoms with Gasteiger partial charge in [-0.25, -0.2) is 0 Å². The van der Waals surface area contributed by atoms with Crippen molar-refractivity contribution in [2.75, 3.05) is 79.7 Å². The molecule has 1 saturated carbocycles. The Morgan fingerprint density at radius 3 is 2.48 bits per heavy atom. The molecule has 0 bridgehead atoms. The molecule has 29 heavy (non-hydrogen) atoms. The first-order chi connectivity index (χ1) is 13.6. The third-order valence-corrected chi connectivity index (χ3v) is 5.66. The lowest BCUT2D eigenvalue weighted by Crippen LogP contribution is -2.54. The Morgan fingerprint density at radius 1 is 1.17 bits per heavy atom. The average molecular weight is 524 g/mol. The SMILES string of the molecule is CCNC(=NCCN(C)C1CCCC1)N1CCN(CC(=O)NCCOC)CC1.I.